The van der Waals surface area contributed by atoms with Crippen molar-refractivity contribution in [2.24, 2.45) is 0 Å². The highest BCUT2D eigenvalue weighted by Crippen LogP contribution is 2.27. The molecule has 0 aliphatic carbocycles. The van der Waals surface area contributed by atoms with E-state index in [2.05, 4.69) is 0 Å². The highest BCUT2D eigenvalue weighted by atomic mass is 16.6. The minimum Gasteiger partial charge on any atom is -0.508 e. The topological polar surface area (TPSA) is 46.5 Å². The van der Waals surface area contributed by atoms with Crippen LogP contribution in [0.2, 0.25) is 0 Å². The number of hydrogen-bond donors (Lipinski definition) is 1. The second kappa shape index (κ2) is 3.70. The van der Waals surface area contributed by atoms with E-state index in [1.165, 1.54) is 6.92 Å². The van der Waals surface area contributed by atoms with E-state index in [0.717, 1.165) is 5.56 Å². The van der Waals surface area contributed by atoms with Crippen LogP contribution in [0, 0.1) is 0 Å². The number of carbonyl (C=O) groups is 1. The number of aromatic hydroxyl groups is 1. The van der Waals surface area contributed by atoms with Crippen LogP contribution < -0.4 is 0 Å². The molecule has 0 amide bonds. The van der Waals surface area contributed by atoms with Crippen LogP contribution in [0.4, 0.5) is 0 Å². The van der Waals surface area contributed by atoms with Crippen LogP contribution in [0.5, 0.6) is 5.75 Å². The van der Waals surface area contributed by atoms with Crippen LogP contribution in [-0.2, 0) is 15.1 Å². The maximum absolute atomic E-state index is 10.8. The lowest BCUT2D eigenvalue weighted by Gasteiger charge is -2.24. The van der Waals surface area contributed by atoms with Gasteiger partial charge in [0.15, 0.2) is 0 Å². The molecule has 0 unspecified atom stereocenters. The Bertz CT molecular complexity index is 342. The number of carbonyl (C=O) groups excluding carboxylic acids is 1. The molecule has 1 aromatic carbocycles. The Morgan fingerprint density at radius 3 is 2.57 bits per heavy atom. The maximum atomic E-state index is 10.8. The second-order valence-electron chi connectivity index (χ2n) is 3.65. The van der Waals surface area contributed by atoms with Gasteiger partial charge in [-0.15, -0.1) is 0 Å². The number of phenolic OH excluding ortho intramolecular Hbond substituents is 1. The summed E-state index contributed by atoms with van der Waals surface area (Å²) in [6.45, 7) is 4.93. The van der Waals surface area contributed by atoms with Gasteiger partial charge in [0, 0.05) is 6.92 Å². The SMILES string of the molecule is CC(=O)OC(C)(C)c1cccc(O)c1. The molecule has 1 rings (SSSR count). The largest absolute Gasteiger partial charge is 0.508 e. The maximum Gasteiger partial charge on any atom is 0.303 e. The van der Waals surface area contributed by atoms with Gasteiger partial charge in [0.05, 0.1) is 0 Å². The van der Waals surface area contributed by atoms with Gasteiger partial charge in [-0.1, -0.05) is 12.1 Å². The molecule has 76 valence electrons. The lowest BCUT2D eigenvalue weighted by Crippen LogP contribution is -2.24. The fourth-order valence-corrected chi connectivity index (χ4v) is 1.30. The molecule has 0 heterocycles. The summed E-state index contributed by atoms with van der Waals surface area (Å²) in [5.74, 6) is -0.166. The third-order valence-electron chi connectivity index (χ3n) is 1.94. The molecule has 1 aromatic rings. The molecule has 0 atom stereocenters. The number of benzene rings is 1. The van der Waals surface area contributed by atoms with Crippen molar-refractivity contribution in [3.63, 3.8) is 0 Å². The Balaban J connectivity index is 2.97. The predicted octanol–water partition coefficient (Wildman–Crippen LogP) is 2.19. The van der Waals surface area contributed by atoms with Crippen molar-refractivity contribution in [2.75, 3.05) is 0 Å². The summed E-state index contributed by atoms with van der Waals surface area (Å²) in [6, 6.07) is 6.69. The van der Waals surface area contributed by atoms with Crippen molar-refractivity contribution in [1.82, 2.24) is 0 Å². The first-order chi connectivity index (χ1) is 6.42. The summed E-state index contributed by atoms with van der Waals surface area (Å²) in [6.07, 6.45) is 0. The molecule has 0 aromatic heterocycles. The van der Waals surface area contributed by atoms with E-state index < -0.39 is 5.60 Å². The van der Waals surface area contributed by atoms with E-state index in [4.69, 9.17) is 4.74 Å². The Morgan fingerprint density at radius 2 is 2.07 bits per heavy atom. The first-order valence-electron chi connectivity index (χ1n) is 4.41. The molecule has 14 heavy (non-hydrogen) atoms. The van der Waals surface area contributed by atoms with E-state index in [1.807, 2.05) is 6.07 Å². The zero-order valence-electron chi connectivity index (χ0n) is 8.57. The lowest BCUT2D eigenvalue weighted by atomic mass is 9.98. The average Bonchev–Trinajstić information content (AvgIpc) is 2.01. The van der Waals surface area contributed by atoms with Gasteiger partial charge in [-0.2, -0.15) is 0 Å². The molecule has 0 radical (unpaired) electrons. The van der Waals surface area contributed by atoms with Gasteiger partial charge in [0.1, 0.15) is 11.4 Å². The summed E-state index contributed by atoms with van der Waals surface area (Å²) in [7, 11) is 0. The minimum atomic E-state index is -0.704. The van der Waals surface area contributed by atoms with Crippen molar-refractivity contribution < 1.29 is 14.6 Å². The van der Waals surface area contributed by atoms with Crippen molar-refractivity contribution in [1.29, 1.82) is 0 Å². The van der Waals surface area contributed by atoms with Crippen LogP contribution in [0.15, 0.2) is 24.3 Å². The molecule has 0 aliphatic heterocycles. The van der Waals surface area contributed by atoms with Crippen molar-refractivity contribution >= 4 is 5.97 Å². The van der Waals surface area contributed by atoms with E-state index in [1.54, 1.807) is 32.0 Å². The number of hydrogen-bond acceptors (Lipinski definition) is 3. The molecule has 0 saturated carbocycles. The second-order valence-corrected chi connectivity index (χ2v) is 3.65. The summed E-state index contributed by atoms with van der Waals surface area (Å²) >= 11 is 0. The molecule has 1 N–H and O–H groups in total. The third kappa shape index (κ3) is 2.49. The quantitative estimate of drug-likeness (QED) is 0.734. The smallest absolute Gasteiger partial charge is 0.303 e. The van der Waals surface area contributed by atoms with Gasteiger partial charge in [0.2, 0.25) is 0 Å². The molecule has 0 saturated heterocycles. The first kappa shape index (κ1) is 10.6. The first-order valence-corrected chi connectivity index (χ1v) is 4.41. The third-order valence-corrected chi connectivity index (χ3v) is 1.94. The molecule has 3 heteroatoms. The molecule has 3 nitrogen and oxygen atoms in total. The molecular formula is C11H14O3. The van der Waals surface area contributed by atoms with Gasteiger partial charge < -0.3 is 9.84 Å². The Morgan fingerprint density at radius 1 is 1.43 bits per heavy atom. The molecular weight excluding hydrogens is 180 g/mol. The summed E-state index contributed by atoms with van der Waals surface area (Å²) in [5, 5.41) is 9.27. The van der Waals surface area contributed by atoms with E-state index in [9.17, 15) is 9.90 Å². The standard InChI is InChI=1S/C11H14O3/c1-8(12)14-11(2,3)9-5-4-6-10(13)7-9/h4-7,13H,1-3H3. The Kier molecular flexibility index (Phi) is 2.79. The summed E-state index contributed by atoms with van der Waals surface area (Å²) < 4.78 is 5.13. The van der Waals surface area contributed by atoms with Gasteiger partial charge in [0.25, 0.3) is 0 Å². The van der Waals surface area contributed by atoms with Crippen molar-refractivity contribution in [3.05, 3.63) is 29.8 Å². The number of esters is 1. The van der Waals surface area contributed by atoms with Crippen LogP contribution in [0.25, 0.3) is 0 Å². The molecule has 0 spiro atoms. The predicted molar refractivity (Wildman–Crippen MR) is 52.9 cm³/mol. The number of phenols is 1. The van der Waals surface area contributed by atoms with Crippen LogP contribution in [-0.4, -0.2) is 11.1 Å². The van der Waals surface area contributed by atoms with Gasteiger partial charge in [-0.25, -0.2) is 0 Å². The monoisotopic (exact) mass is 194 g/mol. The zero-order chi connectivity index (χ0) is 10.8. The van der Waals surface area contributed by atoms with E-state index >= 15 is 0 Å². The highest BCUT2D eigenvalue weighted by molar-refractivity contribution is 5.66. The molecule has 0 bridgehead atoms. The van der Waals surface area contributed by atoms with Crippen molar-refractivity contribution in [3.8, 4) is 5.75 Å². The molecule has 0 fully saturated rings. The van der Waals surface area contributed by atoms with Crippen molar-refractivity contribution in [2.45, 2.75) is 26.4 Å². The van der Waals surface area contributed by atoms with Gasteiger partial charge in [-0.3, -0.25) is 4.79 Å². The zero-order valence-corrected chi connectivity index (χ0v) is 8.57. The number of rotatable bonds is 2. The Labute approximate surface area is 83.3 Å². The van der Waals surface area contributed by atoms with E-state index in [-0.39, 0.29) is 11.7 Å². The number of ether oxygens (including phenoxy) is 1. The average molecular weight is 194 g/mol. The lowest BCUT2D eigenvalue weighted by molar-refractivity contribution is -0.154. The fraction of sp³-hybridized carbons (Fsp3) is 0.364. The highest BCUT2D eigenvalue weighted by Gasteiger charge is 2.23. The normalized spacial score (nSPS) is 11.1. The van der Waals surface area contributed by atoms with Crippen LogP contribution in [0.3, 0.4) is 0 Å². The Hall–Kier alpha value is -1.51. The minimum absolute atomic E-state index is 0.169. The van der Waals surface area contributed by atoms with Gasteiger partial charge >= 0.3 is 5.97 Å². The van der Waals surface area contributed by atoms with Gasteiger partial charge in [-0.05, 0) is 31.5 Å². The summed E-state index contributed by atoms with van der Waals surface area (Å²) in [4.78, 5) is 10.8. The summed E-state index contributed by atoms with van der Waals surface area (Å²) in [5.41, 5.74) is 0.0672. The van der Waals surface area contributed by atoms with Crippen LogP contribution >= 0.6 is 0 Å². The fourth-order valence-electron chi connectivity index (χ4n) is 1.30. The van der Waals surface area contributed by atoms with E-state index in [0.29, 0.717) is 0 Å². The molecule has 0 aliphatic rings. The van der Waals surface area contributed by atoms with Crippen LogP contribution in [0.1, 0.15) is 26.3 Å².